The first kappa shape index (κ1) is 26.0. The maximum absolute atomic E-state index is 12.2. The molecule has 0 aromatic heterocycles. The number of nitrogens with zero attached hydrogens (tertiary/aromatic N) is 1. The van der Waals surface area contributed by atoms with Crippen molar-refractivity contribution in [2.24, 2.45) is 0 Å². The predicted molar refractivity (Wildman–Crippen MR) is 129 cm³/mol. The molecule has 8 heteroatoms. The Morgan fingerprint density at radius 1 is 0.844 bits per heavy atom. The Bertz CT molecular complexity index is 878. The fourth-order valence-corrected chi connectivity index (χ4v) is 8.76. The van der Waals surface area contributed by atoms with Crippen LogP contribution in [0.5, 0.6) is 0 Å². The van der Waals surface area contributed by atoms with Gasteiger partial charge in [-0.3, -0.25) is 8.42 Å². The molecule has 1 N–H and O–H groups in total. The molecule has 0 spiro atoms. The lowest BCUT2D eigenvalue weighted by Crippen LogP contribution is -2.65. The standard InChI is InChI=1S/C24H40N2O4S2/c1-21(2)15-19(20(31(27)28)24(7,8)25-21)17-11-9-16(10-12-17)18-13-22(3,4)26(32(29)30)23(5,6)14-18/h9-12,18-20,25H,13-15H2,1-8H3,(H,27,28)(H,29,30)/p-2. The molecule has 0 radical (unpaired) electrons. The molecule has 0 aliphatic carbocycles. The molecule has 2 heterocycles. The molecule has 0 amide bonds. The summed E-state index contributed by atoms with van der Waals surface area (Å²) >= 11 is -4.47. The molecule has 0 saturated carbocycles. The summed E-state index contributed by atoms with van der Waals surface area (Å²) in [6, 6.07) is 8.39. The summed E-state index contributed by atoms with van der Waals surface area (Å²) in [5.74, 6) is 0.144. The number of piperidine rings is 2. The molecule has 4 atom stereocenters. The highest BCUT2D eigenvalue weighted by atomic mass is 32.2. The molecule has 2 aliphatic rings. The van der Waals surface area contributed by atoms with E-state index in [1.165, 1.54) is 5.56 Å². The van der Waals surface area contributed by atoms with Crippen LogP contribution in [-0.2, 0) is 22.3 Å². The lowest BCUT2D eigenvalue weighted by atomic mass is 9.71. The molecule has 2 fully saturated rings. The Hall–Kier alpha value is -0.640. The van der Waals surface area contributed by atoms with Crippen molar-refractivity contribution >= 4 is 22.3 Å². The minimum Gasteiger partial charge on any atom is -0.772 e. The minimum atomic E-state index is -2.27. The smallest absolute Gasteiger partial charge is 0.0461 e. The van der Waals surface area contributed by atoms with Crippen LogP contribution in [0.2, 0.25) is 0 Å². The molecular formula is C24H38N2O4S2-2. The van der Waals surface area contributed by atoms with Crippen LogP contribution in [-0.4, -0.2) is 49.2 Å². The Balaban J connectivity index is 1.91. The van der Waals surface area contributed by atoms with Crippen LogP contribution >= 0.6 is 0 Å². The van der Waals surface area contributed by atoms with Gasteiger partial charge in [-0.25, -0.2) is 4.31 Å². The van der Waals surface area contributed by atoms with Gasteiger partial charge in [-0.1, -0.05) is 24.3 Å². The van der Waals surface area contributed by atoms with E-state index in [1.807, 2.05) is 41.5 Å². The first-order valence-electron chi connectivity index (χ1n) is 11.3. The third-order valence-corrected chi connectivity index (χ3v) is 9.87. The highest BCUT2D eigenvalue weighted by Crippen LogP contribution is 2.47. The first-order valence-corrected chi connectivity index (χ1v) is 13.5. The average molecular weight is 483 g/mol. The molecule has 32 heavy (non-hydrogen) atoms. The molecule has 2 aliphatic heterocycles. The van der Waals surface area contributed by atoms with Crippen molar-refractivity contribution in [1.29, 1.82) is 0 Å². The van der Waals surface area contributed by atoms with Gasteiger partial charge in [0.25, 0.3) is 0 Å². The van der Waals surface area contributed by atoms with Gasteiger partial charge in [0, 0.05) is 44.6 Å². The second kappa shape index (κ2) is 8.54. The summed E-state index contributed by atoms with van der Waals surface area (Å²) < 4.78 is 49.8. The lowest BCUT2D eigenvalue weighted by Gasteiger charge is -2.55. The zero-order valence-electron chi connectivity index (χ0n) is 20.6. The third kappa shape index (κ3) is 5.05. The summed E-state index contributed by atoms with van der Waals surface area (Å²) in [4.78, 5) is 0. The van der Waals surface area contributed by atoms with E-state index >= 15 is 0 Å². The van der Waals surface area contributed by atoms with E-state index in [0.29, 0.717) is 0 Å². The summed E-state index contributed by atoms with van der Waals surface area (Å²) in [5, 5.41) is 2.99. The molecule has 4 unspecified atom stereocenters. The predicted octanol–water partition coefficient (Wildman–Crippen LogP) is 4.10. The molecule has 6 nitrogen and oxygen atoms in total. The van der Waals surface area contributed by atoms with Crippen LogP contribution in [0.1, 0.15) is 97.6 Å². The number of benzene rings is 1. The van der Waals surface area contributed by atoms with Crippen molar-refractivity contribution < 1.29 is 17.5 Å². The van der Waals surface area contributed by atoms with Gasteiger partial charge in [0.1, 0.15) is 0 Å². The zero-order chi connectivity index (χ0) is 24.3. The summed E-state index contributed by atoms with van der Waals surface area (Å²) in [7, 11) is 0. The van der Waals surface area contributed by atoms with Crippen molar-refractivity contribution in [2.75, 3.05) is 0 Å². The van der Waals surface area contributed by atoms with Crippen LogP contribution in [0, 0.1) is 0 Å². The number of nitrogens with one attached hydrogen (secondary N) is 1. The van der Waals surface area contributed by atoms with Crippen LogP contribution in [0.25, 0.3) is 0 Å². The van der Waals surface area contributed by atoms with Gasteiger partial charge in [-0.05, 0) is 103 Å². The fourth-order valence-electron chi connectivity index (χ4n) is 6.74. The molecule has 0 bridgehead atoms. The second-order valence-electron chi connectivity index (χ2n) is 12.1. The Kier molecular flexibility index (Phi) is 6.93. The maximum Gasteiger partial charge on any atom is 0.0461 e. The maximum atomic E-state index is 12.2. The Morgan fingerprint density at radius 3 is 1.75 bits per heavy atom. The number of rotatable bonds is 4. The monoisotopic (exact) mass is 482 g/mol. The molecule has 1 aromatic carbocycles. The quantitative estimate of drug-likeness (QED) is 0.652. The third-order valence-electron chi connectivity index (χ3n) is 7.25. The largest absolute Gasteiger partial charge is 0.772 e. The van der Waals surface area contributed by atoms with Crippen molar-refractivity contribution in [3.05, 3.63) is 35.4 Å². The molecular weight excluding hydrogens is 444 g/mol. The van der Waals surface area contributed by atoms with Crippen molar-refractivity contribution in [1.82, 2.24) is 9.62 Å². The number of hydrogen-bond acceptors (Lipinski definition) is 5. The SMILES string of the molecule is CC1(C)CC(c2ccc(C3CC(C)(C)N(S(=O)[O-])C(C)(C)C3)cc2)C(S(=O)[O-])C(C)(C)N1. The van der Waals surface area contributed by atoms with Gasteiger partial charge in [-0.2, -0.15) is 0 Å². The van der Waals surface area contributed by atoms with Gasteiger partial charge in [0.2, 0.25) is 0 Å². The number of hydrogen-bond donors (Lipinski definition) is 1. The van der Waals surface area contributed by atoms with E-state index in [1.54, 1.807) is 4.31 Å². The Morgan fingerprint density at radius 2 is 1.31 bits per heavy atom. The van der Waals surface area contributed by atoms with Crippen molar-refractivity contribution in [2.45, 2.75) is 114 Å². The minimum absolute atomic E-state index is 0.0914. The van der Waals surface area contributed by atoms with Crippen molar-refractivity contribution in [3.8, 4) is 0 Å². The van der Waals surface area contributed by atoms with Gasteiger partial charge < -0.3 is 14.4 Å². The van der Waals surface area contributed by atoms with E-state index in [4.69, 9.17) is 0 Å². The van der Waals surface area contributed by atoms with Gasteiger partial charge in [-0.15, -0.1) is 0 Å². The van der Waals surface area contributed by atoms with E-state index in [2.05, 4.69) is 43.4 Å². The van der Waals surface area contributed by atoms with E-state index in [0.717, 1.165) is 24.8 Å². The first-order chi connectivity index (χ1) is 14.5. The average Bonchev–Trinajstić information content (AvgIpc) is 2.56. The van der Waals surface area contributed by atoms with Crippen LogP contribution in [0.15, 0.2) is 24.3 Å². The summed E-state index contributed by atoms with van der Waals surface area (Å²) in [6.07, 6.45) is 2.22. The van der Waals surface area contributed by atoms with Gasteiger partial charge >= 0.3 is 0 Å². The Labute approximate surface area is 198 Å². The van der Waals surface area contributed by atoms with Crippen LogP contribution < -0.4 is 5.32 Å². The normalized spacial score (nSPS) is 31.7. The molecule has 3 rings (SSSR count). The molecule has 1 aromatic rings. The molecule has 182 valence electrons. The fraction of sp³-hybridized carbons (Fsp3) is 0.750. The van der Waals surface area contributed by atoms with E-state index in [9.17, 15) is 17.5 Å². The van der Waals surface area contributed by atoms with E-state index < -0.39 is 44.2 Å². The van der Waals surface area contributed by atoms with Crippen LogP contribution in [0.4, 0.5) is 0 Å². The lowest BCUT2D eigenvalue weighted by molar-refractivity contribution is 0.0404. The highest BCUT2D eigenvalue weighted by molar-refractivity contribution is 7.80. The summed E-state index contributed by atoms with van der Waals surface area (Å²) in [5.41, 5.74) is 0.557. The van der Waals surface area contributed by atoms with E-state index in [-0.39, 0.29) is 17.4 Å². The molecule has 2 saturated heterocycles. The topological polar surface area (TPSA) is 95.5 Å². The van der Waals surface area contributed by atoms with Gasteiger partial charge in [0.15, 0.2) is 0 Å². The van der Waals surface area contributed by atoms with Crippen molar-refractivity contribution in [3.63, 3.8) is 0 Å². The second-order valence-corrected chi connectivity index (χ2v) is 14.0. The summed E-state index contributed by atoms with van der Waals surface area (Å²) in [6.45, 7) is 16.1. The van der Waals surface area contributed by atoms with Crippen LogP contribution in [0.3, 0.4) is 0 Å². The highest BCUT2D eigenvalue weighted by Gasteiger charge is 2.48. The zero-order valence-corrected chi connectivity index (χ0v) is 22.2. The van der Waals surface area contributed by atoms with Gasteiger partial charge in [0.05, 0.1) is 0 Å².